The Labute approximate surface area is 146 Å². The van der Waals surface area contributed by atoms with E-state index in [9.17, 15) is 13.2 Å². The number of halogens is 3. The van der Waals surface area contributed by atoms with Gasteiger partial charge in [0, 0.05) is 36.4 Å². The molecule has 2 aromatic heterocycles. The molecule has 4 nitrogen and oxygen atoms in total. The van der Waals surface area contributed by atoms with Crippen LogP contribution in [0.4, 0.5) is 19.0 Å². The number of hydrogen-bond acceptors (Lipinski definition) is 4. The molecule has 0 radical (unpaired) electrons. The maximum atomic E-state index is 13.0. The molecule has 1 fully saturated rings. The minimum absolute atomic E-state index is 0.462. The molecule has 0 saturated carbocycles. The summed E-state index contributed by atoms with van der Waals surface area (Å²) in [5, 5.41) is 4.22. The van der Waals surface area contributed by atoms with E-state index in [4.69, 9.17) is 0 Å². The Morgan fingerprint density at radius 1 is 1.08 bits per heavy atom. The molecule has 0 bridgehead atoms. The second kappa shape index (κ2) is 6.25. The third kappa shape index (κ3) is 3.18. The average molecular weight is 364 g/mol. The van der Waals surface area contributed by atoms with E-state index in [-0.39, 0.29) is 0 Å². The van der Waals surface area contributed by atoms with E-state index in [1.54, 1.807) is 23.0 Å². The van der Waals surface area contributed by atoms with Gasteiger partial charge in [-0.1, -0.05) is 12.1 Å². The number of benzene rings is 1. The predicted octanol–water partition coefficient (Wildman–Crippen LogP) is 3.97. The zero-order valence-corrected chi connectivity index (χ0v) is 14.0. The molecule has 1 aromatic carbocycles. The molecule has 0 atom stereocenters. The molecular weight excluding hydrogens is 349 g/mol. The van der Waals surface area contributed by atoms with Gasteiger partial charge in [-0.2, -0.15) is 30.0 Å². The highest BCUT2D eigenvalue weighted by Gasteiger charge is 2.30. The van der Waals surface area contributed by atoms with E-state index in [0.29, 0.717) is 16.8 Å². The summed E-state index contributed by atoms with van der Waals surface area (Å²) < 4.78 is 40.6. The Hall–Kier alpha value is -2.22. The fraction of sp³-hybridized carbons (Fsp3) is 0.294. The lowest BCUT2D eigenvalue weighted by atomic mass is 10.1. The summed E-state index contributed by atoms with van der Waals surface area (Å²) in [5.74, 6) is 2.93. The van der Waals surface area contributed by atoms with Gasteiger partial charge in [-0.3, -0.25) is 0 Å². The van der Waals surface area contributed by atoms with Crippen LogP contribution in [0.5, 0.6) is 0 Å². The highest BCUT2D eigenvalue weighted by molar-refractivity contribution is 7.99. The van der Waals surface area contributed by atoms with Crippen LogP contribution >= 0.6 is 11.8 Å². The Bertz CT molecular complexity index is 900. The molecule has 0 aliphatic carbocycles. The molecular formula is C17H15F3N4S. The predicted molar refractivity (Wildman–Crippen MR) is 93.0 cm³/mol. The van der Waals surface area contributed by atoms with Gasteiger partial charge in [0.1, 0.15) is 5.82 Å². The molecule has 4 rings (SSSR count). The Balaban J connectivity index is 1.77. The van der Waals surface area contributed by atoms with Crippen molar-refractivity contribution in [3.05, 3.63) is 48.3 Å². The van der Waals surface area contributed by atoms with Crippen LogP contribution in [0.15, 0.2) is 42.7 Å². The molecule has 0 unspecified atom stereocenters. The van der Waals surface area contributed by atoms with Gasteiger partial charge < -0.3 is 4.90 Å². The molecule has 130 valence electrons. The minimum atomic E-state index is -4.37. The summed E-state index contributed by atoms with van der Waals surface area (Å²) in [6, 6.07) is 7.17. The van der Waals surface area contributed by atoms with Crippen molar-refractivity contribution < 1.29 is 13.2 Å². The van der Waals surface area contributed by atoms with E-state index >= 15 is 0 Å². The number of hydrogen-bond donors (Lipinski definition) is 0. The largest absolute Gasteiger partial charge is 0.416 e. The number of aromatic nitrogens is 3. The van der Waals surface area contributed by atoms with Gasteiger partial charge in [0.25, 0.3) is 0 Å². The van der Waals surface area contributed by atoms with E-state index in [1.807, 2.05) is 17.8 Å². The smallest absolute Gasteiger partial charge is 0.355 e. The van der Waals surface area contributed by atoms with Crippen molar-refractivity contribution in [2.75, 3.05) is 29.5 Å². The number of alkyl halides is 3. The Kier molecular flexibility index (Phi) is 4.07. The molecule has 8 heteroatoms. The van der Waals surface area contributed by atoms with Gasteiger partial charge in [0.15, 0.2) is 5.65 Å². The van der Waals surface area contributed by atoms with Crippen molar-refractivity contribution in [1.29, 1.82) is 0 Å². The summed E-state index contributed by atoms with van der Waals surface area (Å²) in [5.41, 5.74) is 0.951. The molecule has 1 saturated heterocycles. The van der Waals surface area contributed by atoms with Gasteiger partial charge in [-0.05, 0) is 23.8 Å². The van der Waals surface area contributed by atoms with Crippen LogP contribution in [-0.4, -0.2) is 39.2 Å². The van der Waals surface area contributed by atoms with Crippen molar-refractivity contribution >= 4 is 23.2 Å². The maximum Gasteiger partial charge on any atom is 0.416 e. The first-order valence-electron chi connectivity index (χ1n) is 7.87. The summed E-state index contributed by atoms with van der Waals surface area (Å²) in [6.45, 7) is 1.84. The molecule has 0 amide bonds. The molecule has 3 heterocycles. The number of rotatable bonds is 2. The van der Waals surface area contributed by atoms with Crippen LogP contribution in [0.3, 0.4) is 0 Å². The molecule has 3 aromatic rings. The fourth-order valence-electron chi connectivity index (χ4n) is 2.89. The third-order valence-electron chi connectivity index (χ3n) is 4.19. The van der Waals surface area contributed by atoms with Crippen LogP contribution in [0, 0.1) is 0 Å². The first-order chi connectivity index (χ1) is 12.0. The third-order valence-corrected chi connectivity index (χ3v) is 5.13. The van der Waals surface area contributed by atoms with E-state index in [2.05, 4.69) is 15.0 Å². The molecule has 0 N–H and O–H groups in total. The standard InChI is InChI=1S/C17H15F3N4S/c18-17(19,20)13-3-1-2-12(10-13)14-11-21-24-5-4-15(22-16(14)24)23-6-8-25-9-7-23/h1-5,10-11H,6-9H2. The summed E-state index contributed by atoms with van der Waals surface area (Å²) >= 11 is 1.91. The highest BCUT2D eigenvalue weighted by atomic mass is 32.2. The second-order valence-corrected chi connectivity index (χ2v) is 7.01. The zero-order valence-electron chi connectivity index (χ0n) is 13.2. The molecule has 0 spiro atoms. The number of anilines is 1. The van der Waals surface area contributed by atoms with Crippen LogP contribution in [0.25, 0.3) is 16.8 Å². The lowest BCUT2D eigenvalue weighted by Gasteiger charge is -2.27. The van der Waals surface area contributed by atoms with E-state index < -0.39 is 11.7 Å². The fourth-order valence-corrected chi connectivity index (χ4v) is 3.80. The van der Waals surface area contributed by atoms with Crippen molar-refractivity contribution in [3.8, 4) is 11.1 Å². The normalized spacial score (nSPS) is 15.7. The van der Waals surface area contributed by atoms with Crippen molar-refractivity contribution in [3.63, 3.8) is 0 Å². The van der Waals surface area contributed by atoms with Crippen LogP contribution in [-0.2, 0) is 6.18 Å². The summed E-state index contributed by atoms with van der Waals surface area (Å²) in [4.78, 5) is 6.86. The quantitative estimate of drug-likeness (QED) is 0.689. The summed E-state index contributed by atoms with van der Waals surface area (Å²) in [6.07, 6.45) is -1.01. The SMILES string of the molecule is FC(F)(F)c1cccc(-c2cnn3ccc(N4CCSCC4)nc23)c1. The van der Waals surface area contributed by atoms with Gasteiger partial charge in [0.05, 0.1) is 11.8 Å². The van der Waals surface area contributed by atoms with E-state index in [0.717, 1.165) is 42.5 Å². The lowest BCUT2D eigenvalue weighted by molar-refractivity contribution is -0.137. The Morgan fingerprint density at radius 3 is 2.64 bits per heavy atom. The molecule has 25 heavy (non-hydrogen) atoms. The van der Waals surface area contributed by atoms with Gasteiger partial charge >= 0.3 is 6.18 Å². The average Bonchev–Trinajstić information content (AvgIpc) is 3.05. The van der Waals surface area contributed by atoms with Crippen LogP contribution in [0.1, 0.15) is 5.56 Å². The number of nitrogens with zero attached hydrogens (tertiary/aromatic N) is 4. The first-order valence-corrected chi connectivity index (χ1v) is 9.02. The molecule has 1 aliphatic heterocycles. The van der Waals surface area contributed by atoms with Crippen molar-refractivity contribution in [2.24, 2.45) is 0 Å². The second-order valence-electron chi connectivity index (χ2n) is 5.79. The van der Waals surface area contributed by atoms with Crippen LogP contribution < -0.4 is 4.90 Å². The van der Waals surface area contributed by atoms with Crippen molar-refractivity contribution in [2.45, 2.75) is 6.18 Å². The number of thioether (sulfide) groups is 1. The number of fused-ring (bicyclic) bond motifs is 1. The van der Waals surface area contributed by atoms with Gasteiger partial charge in [-0.25, -0.2) is 9.50 Å². The molecule has 1 aliphatic rings. The minimum Gasteiger partial charge on any atom is -0.355 e. The lowest BCUT2D eigenvalue weighted by Crippen LogP contribution is -2.33. The summed E-state index contributed by atoms with van der Waals surface area (Å²) in [7, 11) is 0. The monoisotopic (exact) mass is 364 g/mol. The highest BCUT2D eigenvalue weighted by Crippen LogP contribution is 2.33. The Morgan fingerprint density at radius 2 is 1.88 bits per heavy atom. The van der Waals surface area contributed by atoms with Crippen LogP contribution in [0.2, 0.25) is 0 Å². The van der Waals surface area contributed by atoms with Gasteiger partial charge in [0.2, 0.25) is 0 Å². The topological polar surface area (TPSA) is 33.4 Å². The van der Waals surface area contributed by atoms with Gasteiger partial charge in [-0.15, -0.1) is 0 Å². The first kappa shape index (κ1) is 16.3. The zero-order chi connectivity index (χ0) is 17.4. The van der Waals surface area contributed by atoms with Crippen molar-refractivity contribution in [1.82, 2.24) is 14.6 Å². The maximum absolute atomic E-state index is 13.0. The van der Waals surface area contributed by atoms with E-state index in [1.165, 1.54) is 6.07 Å².